The molecule has 0 spiro atoms. The Bertz CT molecular complexity index is 605. The van der Waals surface area contributed by atoms with Gasteiger partial charge in [-0.2, -0.15) is 0 Å². The number of rotatable bonds is 7. The number of nitrogens with zero attached hydrogens (tertiary/aromatic N) is 1. The van der Waals surface area contributed by atoms with E-state index in [0.29, 0.717) is 12.5 Å². The summed E-state index contributed by atoms with van der Waals surface area (Å²) in [7, 11) is 0. The number of carbonyl (C=O) groups excluding carboxylic acids is 1. The molecule has 1 aromatic heterocycles. The molecule has 3 nitrogen and oxygen atoms in total. The Balaban J connectivity index is 1.81. The number of carbonyl (C=O) groups is 1. The van der Waals surface area contributed by atoms with Crippen molar-refractivity contribution in [3.8, 4) is 0 Å². The average Bonchev–Trinajstić information content (AvgIpc) is 2.84. The van der Waals surface area contributed by atoms with Gasteiger partial charge in [-0.25, -0.2) is 4.98 Å². The highest BCUT2D eigenvalue weighted by Gasteiger charge is 2.15. The zero-order chi connectivity index (χ0) is 15.9. The first-order chi connectivity index (χ1) is 10.6. The van der Waals surface area contributed by atoms with Gasteiger partial charge in [0.25, 0.3) is 5.91 Å². The molecule has 1 N–H and O–H groups in total. The Morgan fingerprint density at radius 3 is 2.68 bits per heavy atom. The quantitative estimate of drug-likeness (QED) is 0.784. The molecule has 2 rings (SSSR count). The average molecular weight is 316 g/mol. The molecule has 0 radical (unpaired) electrons. The lowest BCUT2D eigenvalue weighted by atomic mass is 10.1. The maximum Gasteiger partial charge on any atom is 0.263 e. The molecular formula is C18H24N2OS. The fourth-order valence-corrected chi connectivity index (χ4v) is 3.51. The summed E-state index contributed by atoms with van der Waals surface area (Å²) in [5.74, 6) is 0.574. The molecule has 0 atom stereocenters. The predicted molar refractivity (Wildman–Crippen MR) is 92.5 cm³/mol. The fraction of sp³-hybridized carbons (Fsp3) is 0.444. The van der Waals surface area contributed by atoms with E-state index in [-0.39, 0.29) is 5.91 Å². The van der Waals surface area contributed by atoms with Crippen molar-refractivity contribution in [1.29, 1.82) is 0 Å². The largest absolute Gasteiger partial charge is 0.351 e. The van der Waals surface area contributed by atoms with Gasteiger partial charge < -0.3 is 5.32 Å². The molecule has 0 saturated heterocycles. The van der Waals surface area contributed by atoms with Crippen LogP contribution in [-0.2, 0) is 12.8 Å². The minimum absolute atomic E-state index is 0.0121. The Morgan fingerprint density at radius 2 is 2.00 bits per heavy atom. The predicted octanol–water partition coefficient (Wildman–Crippen LogP) is 4.01. The molecule has 1 amide bonds. The van der Waals surface area contributed by atoms with Crippen molar-refractivity contribution in [1.82, 2.24) is 10.3 Å². The maximum absolute atomic E-state index is 12.2. The standard InChI is InChI=1S/C18H24N2OS/c1-13(2)12-16-20-14(3)17(22-16)18(21)19-11-7-10-15-8-5-4-6-9-15/h4-6,8-9,13H,7,10-12H2,1-3H3,(H,19,21). The third kappa shape index (κ3) is 4.95. The summed E-state index contributed by atoms with van der Waals surface area (Å²) in [6, 6.07) is 10.4. The minimum atomic E-state index is 0.0121. The van der Waals surface area contributed by atoms with Crippen LogP contribution in [0.4, 0.5) is 0 Å². The molecule has 22 heavy (non-hydrogen) atoms. The van der Waals surface area contributed by atoms with Crippen LogP contribution < -0.4 is 5.32 Å². The molecule has 0 unspecified atom stereocenters. The van der Waals surface area contributed by atoms with Crippen molar-refractivity contribution >= 4 is 17.2 Å². The van der Waals surface area contributed by atoms with Gasteiger partial charge in [-0.15, -0.1) is 11.3 Å². The van der Waals surface area contributed by atoms with Crippen LogP contribution in [0.25, 0.3) is 0 Å². The van der Waals surface area contributed by atoms with Crippen molar-refractivity contribution < 1.29 is 4.79 Å². The van der Waals surface area contributed by atoms with Crippen LogP contribution in [0, 0.1) is 12.8 Å². The van der Waals surface area contributed by atoms with E-state index in [1.54, 1.807) is 0 Å². The monoisotopic (exact) mass is 316 g/mol. The van der Waals surface area contributed by atoms with Crippen LogP contribution in [0.2, 0.25) is 0 Å². The van der Waals surface area contributed by atoms with E-state index >= 15 is 0 Å². The number of aryl methyl sites for hydroxylation is 2. The lowest BCUT2D eigenvalue weighted by molar-refractivity contribution is 0.0956. The van der Waals surface area contributed by atoms with Crippen LogP contribution in [-0.4, -0.2) is 17.4 Å². The van der Waals surface area contributed by atoms with Gasteiger partial charge in [0, 0.05) is 13.0 Å². The van der Waals surface area contributed by atoms with E-state index < -0.39 is 0 Å². The van der Waals surface area contributed by atoms with Gasteiger partial charge in [-0.1, -0.05) is 44.2 Å². The van der Waals surface area contributed by atoms with E-state index in [9.17, 15) is 4.79 Å². The molecule has 0 aliphatic heterocycles. The first-order valence-corrected chi connectivity index (χ1v) is 8.66. The van der Waals surface area contributed by atoms with Crippen LogP contribution in [0.3, 0.4) is 0 Å². The van der Waals surface area contributed by atoms with E-state index in [1.807, 2.05) is 25.1 Å². The summed E-state index contributed by atoms with van der Waals surface area (Å²) in [5.41, 5.74) is 2.16. The lowest BCUT2D eigenvalue weighted by Crippen LogP contribution is -2.24. The number of thiazole rings is 1. The maximum atomic E-state index is 12.2. The first-order valence-electron chi connectivity index (χ1n) is 7.84. The number of amides is 1. The van der Waals surface area contributed by atoms with Crippen LogP contribution >= 0.6 is 11.3 Å². The van der Waals surface area contributed by atoms with Crippen LogP contribution in [0.5, 0.6) is 0 Å². The molecule has 0 aliphatic carbocycles. The van der Waals surface area contributed by atoms with Gasteiger partial charge in [0.05, 0.1) is 10.7 Å². The van der Waals surface area contributed by atoms with E-state index in [4.69, 9.17) is 0 Å². The van der Waals surface area contributed by atoms with Gasteiger partial charge in [0.15, 0.2) is 0 Å². The van der Waals surface area contributed by atoms with Crippen molar-refractivity contribution in [2.75, 3.05) is 6.54 Å². The van der Waals surface area contributed by atoms with Gasteiger partial charge in [0.1, 0.15) is 4.88 Å². The normalized spacial score (nSPS) is 10.9. The molecule has 0 saturated carbocycles. The Labute approximate surface area is 136 Å². The zero-order valence-electron chi connectivity index (χ0n) is 13.6. The van der Waals surface area contributed by atoms with E-state index in [1.165, 1.54) is 16.9 Å². The van der Waals surface area contributed by atoms with Gasteiger partial charge in [-0.3, -0.25) is 4.79 Å². The Morgan fingerprint density at radius 1 is 1.27 bits per heavy atom. The molecule has 2 aromatic rings. The molecule has 0 bridgehead atoms. The summed E-state index contributed by atoms with van der Waals surface area (Å²) < 4.78 is 0. The third-order valence-electron chi connectivity index (χ3n) is 3.40. The first kappa shape index (κ1) is 16.7. The Kier molecular flexibility index (Phi) is 6.13. The summed E-state index contributed by atoms with van der Waals surface area (Å²) in [5, 5.41) is 4.07. The van der Waals surface area contributed by atoms with Crippen LogP contribution in [0.1, 0.15) is 46.2 Å². The van der Waals surface area contributed by atoms with Crippen molar-refractivity contribution in [3.63, 3.8) is 0 Å². The van der Waals surface area contributed by atoms with Crippen molar-refractivity contribution in [2.24, 2.45) is 5.92 Å². The molecule has 0 aliphatic rings. The molecule has 118 valence electrons. The number of hydrogen-bond acceptors (Lipinski definition) is 3. The second-order valence-electron chi connectivity index (χ2n) is 5.97. The lowest BCUT2D eigenvalue weighted by Gasteiger charge is -2.04. The van der Waals surface area contributed by atoms with Crippen LogP contribution in [0.15, 0.2) is 30.3 Å². The number of hydrogen-bond donors (Lipinski definition) is 1. The highest BCUT2D eigenvalue weighted by atomic mass is 32.1. The van der Waals surface area contributed by atoms with E-state index in [0.717, 1.165) is 34.8 Å². The highest BCUT2D eigenvalue weighted by Crippen LogP contribution is 2.20. The van der Waals surface area contributed by atoms with E-state index in [2.05, 4.69) is 36.3 Å². The molecule has 1 heterocycles. The minimum Gasteiger partial charge on any atom is -0.351 e. The van der Waals surface area contributed by atoms with Crippen molar-refractivity contribution in [2.45, 2.75) is 40.0 Å². The third-order valence-corrected chi connectivity index (χ3v) is 4.58. The summed E-state index contributed by atoms with van der Waals surface area (Å²) in [4.78, 5) is 17.5. The summed E-state index contributed by atoms with van der Waals surface area (Å²) in [6.45, 7) is 6.95. The van der Waals surface area contributed by atoms with Crippen molar-refractivity contribution in [3.05, 3.63) is 51.5 Å². The topological polar surface area (TPSA) is 42.0 Å². The molecular weight excluding hydrogens is 292 g/mol. The number of nitrogens with one attached hydrogen (secondary N) is 1. The summed E-state index contributed by atoms with van der Waals surface area (Å²) in [6.07, 6.45) is 2.88. The molecule has 0 fully saturated rings. The summed E-state index contributed by atoms with van der Waals surface area (Å²) >= 11 is 1.53. The smallest absolute Gasteiger partial charge is 0.263 e. The van der Waals surface area contributed by atoms with Gasteiger partial charge >= 0.3 is 0 Å². The highest BCUT2D eigenvalue weighted by molar-refractivity contribution is 7.13. The zero-order valence-corrected chi connectivity index (χ0v) is 14.4. The second-order valence-corrected chi connectivity index (χ2v) is 7.05. The Hall–Kier alpha value is -1.68. The molecule has 1 aromatic carbocycles. The number of aromatic nitrogens is 1. The fourth-order valence-electron chi connectivity index (χ4n) is 2.32. The van der Waals surface area contributed by atoms with Gasteiger partial charge in [0.2, 0.25) is 0 Å². The second kappa shape index (κ2) is 8.08. The SMILES string of the molecule is Cc1nc(CC(C)C)sc1C(=O)NCCCc1ccccc1. The van der Waals surface area contributed by atoms with Gasteiger partial charge in [-0.05, 0) is 31.2 Å². The number of benzene rings is 1. The molecule has 4 heteroatoms.